The van der Waals surface area contributed by atoms with Gasteiger partial charge in [-0.3, -0.25) is 0 Å². The molecule has 0 aliphatic heterocycles. The highest BCUT2D eigenvalue weighted by Gasteiger charge is 2.11. The molecule has 0 bridgehead atoms. The third-order valence-corrected chi connectivity index (χ3v) is 5.51. The van der Waals surface area contributed by atoms with Crippen LogP contribution in [0, 0.1) is 6.92 Å². The van der Waals surface area contributed by atoms with Crippen LogP contribution < -0.4 is 14.2 Å². The Morgan fingerprint density at radius 3 is 2.18 bits per heavy atom. The predicted molar refractivity (Wildman–Crippen MR) is 137 cm³/mol. The van der Waals surface area contributed by atoms with E-state index in [9.17, 15) is 0 Å². The zero-order chi connectivity index (χ0) is 23.5. The fourth-order valence-electron chi connectivity index (χ4n) is 3.74. The molecule has 4 nitrogen and oxygen atoms in total. The van der Waals surface area contributed by atoms with Gasteiger partial charge >= 0.3 is 0 Å². The molecule has 0 aliphatic rings. The number of hydrogen-bond acceptors (Lipinski definition) is 4. The molecule has 1 aromatic heterocycles. The van der Waals surface area contributed by atoms with E-state index in [0.717, 1.165) is 49.0 Å². The standard InChI is InChI=1S/C29H34O4/c1-22-15-14-18-26-25(22)21-24(33-26)17-13-11-9-7-5-6-8-10-12-16-23-19-27(30-2)29(32-4)28(20-23)31-3/h5-7,9,12,14-16,18-21H,8,10-11,13,17H2,1-4H3. The van der Waals surface area contributed by atoms with E-state index in [0.29, 0.717) is 17.2 Å². The highest BCUT2D eigenvalue weighted by molar-refractivity contribution is 5.81. The molecule has 0 fully saturated rings. The van der Waals surface area contributed by atoms with Crippen LogP contribution in [0.5, 0.6) is 17.2 Å². The van der Waals surface area contributed by atoms with Crippen molar-refractivity contribution in [3.05, 3.63) is 83.7 Å². The summed E-state index contributed by atoms with van der Waals surface area (Å²) < 4.78 is 22.1. The van der Waals surface area contributed by atoms with Crippen molar-refractivity contribution in [1.29, 1.82) is 0 Å². The van der Waals surface area contributed by atoms with Crippen molar-refractivity contribution in [2.75, 3.05) is 21.3 Å². The van der Waals surface area contributed by atoms with Crippen molar-refractivity contribution >= 4 is 17.0 Å². The average molecular weight is 447 g/mol. The maximum Gasteiger partial charge on any atom is 0.203 e. The summed E-state index contributed by atoms with van der Waals surface area (Å²) in [5.41, 5.74) is 3.28. The third-order valence-electron chi connectivity index (χ3n) is 5.51. The molecule has 4 heteroatoms. The number of unbranched alkanes of at least 4 members (excludes halogenated alkanes) is 2. The molecule has 2 aromatic carbocycles. The number of furan rings is 1. The fourth-order valence-corrected chi connectivity index (χ4v) is 3.74. The van der Waals surface area contributed by atoms with Crippen LogP contribution in [0.15, 0.2) is 71.2 Å². The quantitative estimate of drug-likeness (QED) is 0.211. The van der Waals surface area contributed by atoms with Crippen LogP contribution in [-0.4, -0.2) is 21.3 Å². The third kappa shape index (κ3) is 6.79. The maximum atomic E-state index is 5.94. The number of methoxy groups -OCH3 is 3. The highest BCUT2D eigenvalue weighted by Crippen LogP contribution is 2.38. The zero-order valence-corrected chi connectivity index (χ0v) is 20.1. The first kappa shape index (κ1) is 24.2. The molecule has 0 aliphatic carbocycles. The van der Waals surface area contributed by atoms with Crippen molar-refractivity contribution in [3.63, 3.8) is 0 Å². The van der Waals surface area contributed by atoms with E-state index in [4.69, 9.17) is 18.6 Å². The highest BCUT2D eigenvalue weighted by atomic mass is 16.5. The van der Waals surface area contributed by atoms with Gasteiger partial charge in [0.1, 0.15) is 11.3 Å². The second-order valence-electron chi connectivity index (χ2n) is 7.89. The Balaban J connectivity index is 1.37. The number of aryl methyl sites for hydroxylation is 2. The molecule has 0 saturated carbocycles. The first-order chi connectivity index (χ1) is 16.2. The smallest absolute Gasteiger partial charge is 0.203 e. The van der Waals surface area contributed by atoms with Gasteiger partial charge in [-0.2, -0.15) is 0 Å². The van der Waals surface area contributed by atoms with Crippen LogP contribution in [0.1, 0.15) is 42.6 Å². The molecule has 1 heterocycles. The largest absolute Gasteiger partial charge is 0.493 e. The molecule has 0 saturated heterocycles. The van der Waals surface area contributed by atoms with Gasteiger partial charge < -0.3 is 18.6 Å². The Labute approximate surface area is 197 Å². The normalized spacial score (nSPS) is 11.9. The van der Waals surface area contributed by atoms with Crippen LogP contribution in [0.25, 0.3) is 17.0 Å². The number of fused-ring (bicyclic) bond motifs is 1. The Kier molecular flexibility index (Phi) is 9.25. The number of rotatable bonds is 12. The first-order valence-electron chi connectivity index (χ1n) is 11.4. The van der Waals surface area contributed by atoms with Crippen LogP contribution in [-0.2, 0) is 6.42 Å². The molecular weight excluding hydrogens is 412 g/mol. The van der Waals surface area contributed by atoms with Crippen LogP contribution in [0.3, 0.4) is 0 Å². The summed E-state index contributed by atoms with van der Waals surface area (Å²) in [6.45, 7) is 2.12. The van der Waals surface area contributed by atoms with Crippen LogP contribution in [0.2, 0.25) is 0 Å². The number of benzene rings is 2. The van der Waals surface area contributed by atoms with Gasteiger partial charge in [0.2, 0.25) is 5.75 Å². The van der Waals surface area contributed by atoms with E-state index in [2.05, 4.69) is 55.5 Å². The molecule has 0 radical (unpaired) electrons. The molecule has 174 valence electrons. The topological polar surface area (TPSA) is 40.8 Å². The molecule has 33 heavy (non-hydrogen) atoms. The van der Waals surface area contributed by atoms with Gasteiger partial charge in [-0.1, -0.05) is 48.6 Å². The summed E-state index contributed by atoms with van der Waals surface area (Å²) in [6.07, 6.45) is 17.9. The van der Waals surface area contributed by atoms with Gasteiger partial charge in [0.15, 0.2) is 11.5 Å². The molecule has 0 atom stereocenters. The van der Waals surface area contributed by atoms with Crippen molar-refractivity contribution in [3.8, 4) is 17.2 Å². The summed E-state index contributed by atoms with van der Waals surface area (Å²) in [7, 11) is 4.86. The lowest BCUT2D eigenvalue weighted by atomic mass is 10.1. The summed E-state index contributed by atoms with van der Waals surface area (Å²) >= 11 is 0. The van der Waals surface area contributed by atoms with Crippen molar-refractivity contribution in [2.45, 2.75) is 39.0 Å². The van der Waals surface area contributed by atoms with Gasteiger partial charge in [0.25, 0.3) is 0 Å². The van der Waals surface area contributed by atoms with Gasteiger partial charge in [0.05, 0.1) is 21.3 Å². The second-order valence-corrected chi connectivity index (χ2v) is 7.89. The molecule has 0 unspecified atom stereocenters. The Morgan fingerprint density at radius 2 is 1.52 bits per heavy atom. The van der Waals surface area contributed by atoms with E-state index in [1.807, 2.05) is 24.3 Å². The summed E-state index contributed by atoms with van der Waals surface area (Å²) in [6, 6.07) is 12.3. The fraction of sp³-hybridized carbons (Fsp3) is 0.310. The average Bonchev–Trinajstić information content (AvgIpc) is 3.26. The van der Waals surface area contributed by atoms with Crippen LogP contribution >= 0.6 is 0 Å². The Bertz CT molecular complexity index is 1090. The van der Waals surface area contributed by atoms with Gasteiger partial charge in [-0.15, -0.1) is 0 Å². The molecule has 0 amide bonds. The van der Waals surface area contributed by atoms with E-state index in [-0.39, 0.29) is 0 Å². The minimum absolute atomic E-state index is 0.611. The number of hydrogen-bond donors (Lipinski definition) is 0. The maximum absolute atomic E-state index is 5.94. The summed E-state index contributed by atoms with van der Waals surface area (Å²) in [5, 5.41) is 1.23. The lowest BCUT2D eigenvalue weighted by molar-refractivity contribution is 0.324. The SMILES string of the molecule is COc1cc(C=CCCC=CC=CCCCc2cc3c(C)cccc3o2)cc(OC)c1OC. The van der Waals surface area contributed by atoms with Crippen molar-refractivity contribution in [1.82, 2.24) is 0 Å². The van der Waals surface area contributed by atoms with Crippen molar-refractivity contribution < 1.29 is 18.6 Å². The second kappa shape index (κ2) is 12.6. The zero-order valence-electron chi connectivity index (χ0n) is 20.1. The van der Waals surface area contributed by atoms with E-state index in [1.54, 1.807) is 21.3 Å². The summed E-state index contributed by atoms with van der Waals surface area (Å²) in [4.78, 5) is 0. The van der Waals surface area contributed by atoms with E-state index in [1.165, 1.54) is 10.9 Å². The molecular formula is C29H34O4. The monoisotopic (exact) mass is 446 g/mol. The lowest BCUT2D eigenvalue weighted by Gasteiger charge is -2.12. The van der Waals surface area contributed by atoms with Gasteiger partial charge in [-0.25, -0.2) is 0 Å². The molecule has 0 N–H and O–H groups in total. The van der Waals surface area contributed by atoms with E-state index >= 15 is 0 Å². The summed E-state index contributed by atoms with van der Waals surface area (Å²) in [5.74, 6) is 3.01. The van der Waals surface area contributed by atoms with Gasteiger partial charge in [0, 0.05) is 11.8 Å². The molecule has 3 rings (SSSR count). The molecule has 0 spiro atoms. The van der Waals surface area contributed by atoms with Gasteiger partial charge in [-0.05, 0) is 68.0 Å². The minimum Gasteiger partial charge on any atom is -0.493 e. The Morgan fingerprint density at radius 1 is 0.818 bits per heavy atom. The first-order valence-corrected chi connectivity index (χ1v) is 11.4. The predicted octanol–water partition coefficient (Wildman–Crippen LogP) is 7.70. The minimum atomic E-state index is 0.611. The van der Waals surface area contributed by atoms with Crippen molar-refractivity contribution in [2.24, 2.45) is 0 Å². The van der Waals surface area contributed by atoms with Crippen LogP contribution in [0.4, 0.5) is 0 Å². The van der Waals surface area contributed by atoms with E-state index < -0.39 is 0 Å². The Hall–Kier alpha value is -3.40. The lowest BCUT2D eigenvalue weighted by Crippen LogP contribution is -1.95. The number of ether oxygens (including phenoxy) is 3. The molecule has 3 aromatic rings. The number of allylic oxidation sites excluding steroid dienone is 5.